The molecule has 0 saturated carbocycles. The van der Waals surface area contributed by atoms with E-state index in [2.05, 4.69) is 455 Å². The number of hydrogen-bond acceptors (Lipinski definition) is 11. The van der Waals surface area contributed by atoms with E-state index in [0.717, 1.165) is 139 Å². The minimum Gasteiger partial charge on any atom is -0.455 e. The Balaban J connectivity index is 0.000000102. The molecule has 0 spiro atoms. The van der Waals surface area contributed by atoms with E-state index >= 15 is 0 Å². The Hall–Kier alpha value is -17.3. The van der Waals surface area contributed by atoms with Crippen molar-refractivity contribution in [2.75, 3.05) is 0 Å². The lowest BCUT2D eigenvalue weighted by Gasteiger charge is -2.21. The van der Waals surface area contributed by atoms with Gasteiger partial charge in [0.1, 0.15) is 11.2 Å². The number of rotatable bonds is 8. The second-order valence-electron chi connectivity index (χ2n) is 39.3. The molecule has 2 aliphatic rings. The molecule has 0 atom stereocenters. The predicted molar refractivity (Wildman–Crippen MR) is 614 cm³/mol. The van der Waals surface area contributed by atoms with Gasteiger partial charge < -0.3 is 8.98 Å². The summed E-state index contributed by atoms with van der Waals surface area (Å²) in [6, 6.07) is 153. The van der Waals surface area contributed by atoms with Gasteiger partial charge in [0.2, 0.25) is 5.95 Å². The minimum atomic E-state index is -0.155. The van der Waals surface area contributed by atoms with Crippen molar-refractivity contribution >= 4 is 224 Å². The highest BCUT2D eigenvalue weighted by molar-refractivity contribution is 7.27. The highest BCUT2D eigenvalue weighted by Gasteiger charge is 2.41. The molecule has 0 amide bonds. The zero-order chi connectivity index (χ0) is 95.8. The fourth-order valence-corrected chi connectivity index (χ4v) is 28.3. The zero-order valence-corrected chi connectivity index (χ0v) is 82.3. The van der Waals surface area contributed by atoms with Crippen molar-refractivity contribution in [3.63, 3.8) is 0 Å². The summed E-state index contributed by atoms with van der Waals surface area (Å²) in [5, 5.41) is 20.3. The molecule has 0 saturated heterocycles. The van der Waals surface area contributed by atoms with Gasteiger partial charge in [-0.25, -0.2) is 29.9 Å². The van der Waals surface area contributed by atoms with Crippen LogP contribution in [0.1, 0.15) is 49.9 Å². The SMILES string of the molecule is CC1(C)c2ccc(-c3nc(-c4ccccc4)c4ccc5sc6ccccc6c5c4n3)cc2-c2c1ccc1c2oc2ccccc21.CC1(C)c2ccc(-c3nc(-c4ccccc4)c4ccc5sc6ccccc6c5c4n3)cc2-c2c1ccc1c2sc2ccccc21.c1ccc(-c2nc(-n3c4ccccc4c4ccc(-c5ccc6c(c5)c5ccccc5n6-c5ccccc5)cc43)nc3c2ccc2sc4ccccc4c23)cc1. The van der Waals surface area contributed by atoms with Crippen molar-refractivity contribution in [2.24, 2.45) is 0 Å². The quantitative estimate of drug-likeness (QED) is 0.149. The minimum absolute atomic E-state index is 0.0885. The zero-order valence-electron chi connectivity index (χ0n) is 79.0. The van der Waals surface area contributed by atoms with Crippen LogP contribution in [0.5, 0.6) is 0 Å². The highest BCUT2D eigenvalue weighted by atomic mass is 32.1. The second kappa shape index (κ2) is 32.1. The summed E-state index contributed by atoms with van der Waals surface area (Å²) in [6.45, 7) is 9.33. The summed E-state index contributed by atoms with van der Waals surface area (Å²) in [5.41, 5.74) is 31.2. The molecule has 10 heterocycles. The first-order chi connectivity index (χ1) is 71.4. The Morgan fingerprint density at radius 2 is 0.607 bits per heavy atom. The van der Waals surface area contributed by atoms with Gasteiger partial charge in [-0.3, -0.25) is 4.57 Å². The summed E-state index contributed by atoms with van der Waals surface area (Å²) in [6.07, 6.45) is 0. The molecule has 145 heavy (non-hydrogen) atoms. The molecule has 32 rings (SSSR count). The van der Waals surface area contributed by atoms with E-state index in [1.165, 1.54) is 158 Å². The number of thiophene rings is 4. The molecule has 10 aromatic heterocycles. The van der Waals surface area contributed by atoms with Crippen LogP contribution in [0.3, 0.4) is 0 Å². The normalized spacial score (nSPS) is 13.1. The van der Waals surface area contributed by atoms with Crippen molar-refractivity contribution in [1.29, 1.82) is 0 Å². The predicted octanol–water partition coefficient (Wildman–Crippen LogP) is 37.1. The van der Waals surface area contributed by atoms with Crippen LogP contribution in [0.2, 0.25) is 0 Å². The average Bonchev–Trinajstić information content (AvgIpc) is 1.56. The number of nitrogens with zero attached hydrogens (tertiary/aromatic N) is 8. The van der Waals surface area contributed by atoms with E-state index in [0.29, 0.717) is 5.95 Å². The highest BCUT2D eigenvalue weighted by Crippen LogP contribution is 2.58. The molecule has 13 heteroatoms. The smallest absolute Gasteiger partial charge is 0.235 e. The molecule has 0 fully saturated rings. The molecule has 0 aliphatic heterocycles. The first-order valence-electron chi connectivity index (χ1n) is 49.3. The molecule has 9 nitrogen and oxygen atoms in total. The molecule has 30 aromatic rings. The third-order valence-corrected chi connectivity index (χ3v) is 35.1. The number of para-hydroxylation sites is 4. The van der Waals surface area contributed by atoms with Gasteiger partial charge in [0.05, 0.1) is 55.7 Å². The van der Waals surface area contributed by atoms with Crippen LogP contribution in [0.25, 0.3) is 281 Å². The van der Waals surface area contributed by atoms with Crippen LogP contribution in [0.4, 0.5) is 0 Å². The Morgan fingerprint density at radius 1 is 0.228 bits per heavy atom. The molecule has 0 N–H and O–H groups in total. The van der Waals surface area contributed by atoms with Crippen LogP contribution in [-0.2, 0) is 10.8 Å². The summed E-state index contributed by atoms with van der Waals surface area (Å²) >= 11 is 7.38. The number of fused-ring (bicyclic) bond motifs is 35. The average molecular weight is 1920 g/mol. The first-order valence-corrected chi connectivity index (χ1v) is 52.5. The van der Waals surface area contributed by atoms with Gasteiger partial charge >= 0.3 is 0 Å². The Morgan fingerprint density at radius 3 is 1.15 bits per heavy atom. The van der Waals surface area contributed by atoms with Crippen molar-refractivity contribution in [3.8, 4) is 102 Å². The van der Waals surface area contributed by atoms with E-state index in [1.807, 2.05) is 51.4 Å². The van der Waals surface area contributed by atoms with Gasteiger partial charge in [0.15, 0.2) is 11.6 Å². The maximum Gasteiger partial charge on any atom is 0.235 e. The number of aromatic nitrogens is 8. The van der Waals surface area contributed by atoms with Crippen molar-refractivity contribution in [3.05, 3.63) is 447 Å². The molecule has 0 radical (unpaired) electrons. The first kappa shape index (κ1) is 83.5. The van der Waals surface area contributed by atoms with Gasteiger partial charge in [0, 0.05) is 185 Å². The monoisotopic (exact) mass is 1920 g/mol. The number of furan rings is 1. The lowest BCUT2D eigenvalue weighted by atomic mass is 9.82. The fraction of sp³-hybridized carbons (Fsp3) is 0.0455. The van der Waals surface area contributed by atoms with Crippen molar-refractivity contribution in [1.82, 2.24) is 39.0 Å². The molecule has 2 aliphatic carbocycles. The molecular formula is C132H82N8OS4. The van der Waals surface area contributed by atoms with Gasteiger partial charge in [-0.2, -0.15) is 0 Å². The summed E-state index contributed by atoms with van der Waals surface area (Å²) < 4.78 is 21.5. The van der Waals surface area contributed by atoms with Crippen LogP contribution < -0.4 is 0 Å². The summed E-state index contributed by atoms with van der Waals surface area (Å²) in [5.74, 6) is 2.16. The Bertz CT molecular complexity index is 10400. The molecule has 0 unspecified atom stereocenters. The molecule has 680 valence electrons. The maximum absolute atomic E-state index is 6.58. The van der Waals surface area contributed by atoms with E-state index in [-0.39, 0.29) is 10.8 Å². The van der Waals surface area contributed by atoms with E-state index in [1.54, 1.807) is 0 Å². The van der Waals surface area contributed by atoms with Crippen LogP contribution in [-0.4, -0.2) is 39.0 Å². The lowest BCUT2D eigenvalue weighted by molar-refractivity contribution is 0.653. The Kier molecular flexibility index (Phi) is 18.5. The van der Waals surface area contributed by atoms with Crippen molar-refractivity contribution < 1.29 is 4.42 Å². The van der Waals surface area contributed by atoms with Gasteiger partial charge in [-0.05, 0) is 166 Å². The lowest BCUT2D eigenvalue weighted by Crippen LogP contribution is -2.14. The van der Waals surface area contributed by atoms with Crippen LogP contribution in [0, 0.1) is 0 Å². The van der Waals surface area contributed by atoms with Gasteiger partial charge in [0.25, 0.3) is 0 Å². The van der Waals surface area contributed by atoms with Crippen LogP contribution in [0.15, 0.2) is 429 Å². The standard InChI is InChI=1S/C50H30N4S.C41H26N2OS.C41H26N2S2/c1-3-13-31(14-4-1)48-39-26-28-46-47(38-19-9-12-22-45(38)55-46)49(39)52-50(51-48)54-42-21-11-7-17-35(42)37-25-23-33(30-44(37)54)32-24-27-43-40(29-32)36-18-8-10-20-41(36)53(43)34-15-5-2-6-16-34;1-41(2)30-19-16-24(22-29(30)35-31(41)20-17-26-25-12-6-8-14-32(25)44-39(26)35)40-42-37(23-10-4-3-5-11-23)28-18-21-34-36(38(28)43-40)27-13-7-9-15-33(27)45-34;1-41(2)30-19-16-24(22-29(30)35-31(41)20-17-26-25-12-6-8-14-32(25)45-39(26)35)40-42-37(23-10-4-3-5-11-23)28-18-21-34-36(38(28)43-40)27-13-7-9-15-33(27)44-34/h1-30H;2*3-22H,1-2H3. The van der Waals surface area contributed by atoms with E-state index < -0.39 is 0 Å². The molecular weight excluding hydrogens is 1840 g/mol. The van der Waals surface area contributed by atoms with E-state index in [4.69, 9.17) is 34.3 Å². The van der Waals surface area contributed by atoms with Gasteiger partial charge in [-0.1, -0.05) is 331 Å². The summed E-state index contributed by atoms with van der Waals surface area (Å²) in [7, 11) is 0. The topological polar surface area (TPSA) is 100 Å². The van der Waals surface area contributed by atoms with Crippen LogP contribution >= 0.6 is 45.3 Å². The second-order valence-corrected chi connectivity index (χ2v) is 43.6. The third-order valence-electron chi connectivity index (χ3n) is 30.5. The number of benzene rings is 20. The fourth-order valence-electron chi connectivity index (χ4n) is 23.7. The maximum atomic E-state index is 6.58. The largest absolute Gasteiger partial charge is 0.455 e. The third kappa shape index (κ3) is 12.8. The summed E-state index contributed by atoms with van der Waals surface area (Å²) in [4.78, 5) is 32.3. The Labute approximate surface area is 847 Å². The van der Waals surface area contributed by atoms with E-state index in [9.17, 15) is 0 Å². The molecule has 0 bridgehead atoms. The van der Waals surface area contributed by atoms with Gasteiger partial charge in [-0.15, -0.1) is 45.3 Å². The molecule has 20 aromatic carbocycles. The number of hydrogen-bond donors (Lipinski definition) is 0. The van der Waals surface area contributed by atoms with Crippen molar-refractivity contribution in [2.45, 2.75) is 38.5 Å².